The second-order valence-corrected chi connectivity index (χ2v) is 6.08. The van der Waals surface area contributed by atoms with Crippen molar-refractivity contribution < 1.29 is 23.7 Å². The predicted molar refractivity (Wildman–Crippen MR) is 89.3 cm³/mol. The number of hydrogen-bond donors (Lipinski definition) is 0. The van der Waals surface area contributed by atoms with Crippen LogP contribution in [0.3, 0.4) is 0 Å². The summed E-state index contributed by atoms with van der Waals surface area (Å²) < 4.78 is 21.7. The van der Waals surface area contributed by atoms with E-state index in [-0.39, 0.29) is 12.8 Å². The third kappa shape index (κ3) is 3.08. The van der Waals surface area contributed by atoms with Crippen LogP contribution < -0.4 is 14.2 Å². The monoisotopic (exact) mass is 328 g/mol. The van der Waals surface area contributed by atoms with Crippen LogP contribution in [0.25, 0.3) is 11.1 Å². The molecule has 5 nitrogen and oxygen atoms in total. The van der Waals surface area contributed by atoms with E-state index in [0.29, 0.717) is 11.5 Å². The molecule has 0 radical (unpaired) electrons. The molecule has 126 valence electrons. The average Bonchev–Trinajstić information content (AvgIpc) is 3.01. The molecule has 1 heterocycles. The first kappa shape index (κ1) is 16.3. The van der Waals surface area contributed by atoms with Crippen molar-refractivity contribution in [3.63, 3.8) is 0 Å². The standard InChI is InChI=1S/C19H20O5/c1-12(20)24-14-7-5-13(6-8-14)15-9-17-18(23-11-22-17)10-16(15)19(2,3)21-4/h5-10H,11H2,1-4H3. The van der Waals surface area contributed by atoms with Gasteiger partial charge in [0.25, 0.3) is 0 Å². The van der Waals surface area contributed by atoms with Crippen LogP contribution in [0.15, 0.2) is 36.4 Å². The Morgan fingerprint density at radius 1 is 1.08 bits per heavy atom. The zero-order valence-corrected chi connectivity index (χ0v) is 14.2. The molecule has 0 amide bonds. The van der Waals surface area contributed by atoms with E-state index in [2.05, 4.69) is 0 Å². The third-order valence-electron chi connectivity index (χ3n) is 4.10. The summed E-state index contributed by atoms with van der Waals surface area (Å²) in [6, 6.07) is 11.3. The number of methoxy groups -OCH3 is 1. The first-order chi connectivity index (χ1) is 11.4. The van der Waals surface area contributed by atoms with Gasteiger partial charge in [0.05, 0.1) is 5.60 Å². The van der Waals surface area contributed by atoms with Crippen molar-refractivity contribution in [3.05, 3.63) is 42.0 Å². The molecule has 1 aliphatic heterocycles. The molecule has 0 N–H and O–H groups in total. The van der Waals surface area contributed by atoms with Gasteiger partial charge in [-0.3, -0.25) is 4.79 Å². The summed E-state index contributed by atoms with van der Waals surface area (Å²) >= 11 is 0. The molecule has 3 rings (SSSR count). The van der Waals surface area contributed by atoms with Gasteiger partial charge in [-0.2, -0.15) is 0 Å². The summed E-state index contributed by atoms with van der Waals surface area (Å²) in [6.45, 7) is 5.60. The molecular weight excluding hydrogens is 308 g/mol. The van der Waals surface area contributed by atoms with Gasteiger partial charge < -0.3 is 18.9 Å². The molecule has 2 aromatic rings. The Hall–Kier alpha value is -2.53. The molecule has 1 aliphatic rings. The SMILES string of the molecule is COC(C)(C)c1cc2c(cc1-c1ccc(OC(C)=O)cc1)OCO2. The van der Waals surface area contributed by atoms with E-state index in [1.54, 1.807) is 19.2 Å². The molecule has 0 aromatic heterocycles. The van der Waals surface area contributed by atoms with Crippen LogP contribution in [-0.2, 0) is 15.1 Å². The topological polar surface area (TPSA) is 54.0 Å². The minimum Gasteiger partial charge on any atom is -0.454 e. The van der Waals surface area contributed by atoms with Gasteiger partial charge in [-0.05, 0) is 54.8 Å². The van der Waals surface area contributed by atoms with Gasteiger partial charge >= 0.3 is 5.97 Å². The molecule has 0 spiro atoms. The maximum atomic E-state index is 11.1. The Morgan fingerprint density at radius 2 is 1.71 bits per heavy atom. The quantitative estimate of drug-likeness (QED) is 0.629. The van der Waals surface area contributed by atoms with Crippen molar-refractivity contribution in [1.82, 2.24) is 0 Å². The summed E-state index contributed by atoms with van der Waals surface area (Å²) in [5.74, 6) is 1.60. The Kier molecular flexibility index (Phi) is 4.20. The molecule has 0 saturated carbocycles. The fraction of sp³-hybridized carbons (Fsp3) is 0.316. The van der Waals surface area contributed by atoms with Crippen molar-refractivity contribution in [2.45, 2.75) is 26.4 Å². The van der Waals surface area contributed by atoms with Crippen molar-refractivity contribution >= 4 is 5.97 Å². The zero-order chi connectivity index (χ0) is 17.3. The molecule has 2 aromatic carbocycles. The van der Waals surface area contributed by atoms with E-state index in [1.807, 2.05) is 38.1 Å². The number of esters is 1. The highest BCUT2D eigenvalue weighted by molar-refractivity contribution is 5.74. The summed E-state index contributed by atoms with van der Waals surface area (Å²) in [5.41, 5.74) is 2.46. The highest BCUT2D eigenvalue weighted by atomic mass is 16.7. The molecule has 0 aliphatic carbocycles. The molecule has 5 heteroatoms. The van der Waals surface area contributed by atoms with Crippen LogP contribution in [0.2, 0.25) is 0 Å². The fourth-order valence-corrected chi connectivity index (χ4v) is 2.66. The Balaban J connectivity index is 2.07. The van der Waals surface area contributed by atoms with Gasteiger partial charge in [-0.1, -0.05) is 12.1 Å². The van der Waals surface area contributed by atoms with E-state index >= 15 is 0 Å². The van der Waals surface area contributed by atoms with Crippen molar-refractivity contribution in [3.8, 4) is 28.4 Å². The van der Waals surface area contributed by atoms with Crippen LogP contribution in [-0.4, -0.2) is 19.9 Å². The second kappa shape index (κ2) is 6.17. The van der Waals surface area contributed by atoms with Gasteiger partial charge in [-0.25, -0.2) is 0 Å². The number of fused-ring (bicyclic) bond motifs is 1. The Bertz CT molecular complexity index is 762. The summed E-state index contributed by atoms with van der Waals surface area (Å²) in [6.07, 6.45) is 0. The molecule has 0 bridgehead atoms. The van der Waals surface area contributed by atoms with Crippen LogP contribution in [0.5, 0.6) is 17.2 Å². The third-order valence-corrected chi connectivity index (χ3v) is 4.10. The largest absolute Gasteiger partial charge is 0.454 e. The highest BCUT2D eigenvalue weighted by Gasteiger charge is 2.28. The van der Waals surface area contributed by atoms with Crippen LogP contribution in [0, 0.1) is 0 Å². The minimum absolute atomic E-state index is 0.219. The van der Waals surface area contributed by atoms with Gasteiger partial charge in [0.15, 0.2) is 11.5 Å². The maximum Gasteiger partial charge on any atom is 0.308 e. The lowest BCUT2D eigenvalue weighted by Gasteiger charge is -2.27. The first-order valence-corrected chi connectivity index (χ1v) is 7.69. The summed E-state index contributed by atoms with van der Waals surface area (Å²) in [5, 5.41) is 0. The van der Waals surface area contributed by atoms with Crippen molar-refractivity contribution in [2.24, 2.45) is 0 Å². The number of hydrogen-bond acceptors (Lipinski definition) is 5. The molecule has 0 atom stereocenters. The van der Waals surface area contributed by atoms with Gasteiger partial charge in [-0.15, -0.1) is 0 Å². The van der Waals surface area contributed by atoms with Crippen LogP contribution >= 0.6 is 0 Å². The van der Waals surface area contributed by atoms with Gasteiger partial charge in [0.2, 0.25) is 6.79 Å². The highest BCUT2D eigenvalue weighted by Crippen LogP contribution is 2.43. The smallest absolute Gasteiger partial charge is 0.308 e. The van der Waals surface area contributed by atoms with E-state index < -0.39 is 5.60 Å². The van der Waals surface area contributed by atoms with Crippen molar-refractivity contribution in [2.75, 3.05) is 13.9 Å². The van der Waals surface area contributed by atoms with Crippen LogP contribution in [0.1, 0.15) is 26.3 Å². The first-order valence-electron chi connectivity index (χ1n) is 7.69. The number of carbonyl (C=O) groups is 1. The zero-order valence-electron chi connectivity index (χ0n) is 14.2. The van der Waals surface area contributed by atoms with E-state index in [4.69, 9.17) is 18.9 Å². The lowest BCUT2D eigenvalue weighted by atomic mass is 9.88. The normalized spacial score (nSPS) is 13.0. The van der Waals surface area contributed by atoms with E-state index in [1.165, 1.54) is 6.92 Å². The molecule has 0 unspecified atom stereocenters. The average molecular weight is 328 g/mol. The van der Waals surface area contributed by atoms with Gasteiger partial charge in [0, 0.05) is 14.0 Å². The van der Waals surface area contributed by atoms with Gasteiger partial charge in [0.1, 0.15) is 5.75 Å². The fourth-order valence-electron chi connectivity index (χ4n) is 2.66. The second-order valence-electron chi connectivity index (χ2n) is 6.08. The Morgan fingerprint density at radius 3 is 2.29 bits per heavy atom. The molecular formula is C19H20O5. The lowest BCUT2D eigenvalue weighted by Crippen LogP contribution is -2.20. The minimum atomic E-state index is -0.495. The Labute approximate surface area is 141 Å². The number of carbonyl (C=O) groups excluding carboxylic acids is 1. The number of rotatable bonds is 4. The molecule has 0 saturated heterocycles. The maximum absolute atomic E-state index is 11.1. The molecule has 0 fully saturated rings. The van der Waals surface area contributed by atoms with Crippen molar-refractivity contribution in [1.29, 1.82) is 0 Å². The lowest BCUT2D eigenvalue weighted by molar-refractivity contribution is -0.131. The van der Waals surface area contributed by atoms with Crippen LogP contribution in [0.4, 0.5) is 0 Å². The molecule has 24 heavy (non-hydrogen) atoms. The number of ether oxygens (including phenoxy) is 4. The summed E-state index contributed by atoms with van der Waals surface area (Å²) in [7, 11) is 1.68. The summed E-state index contributed by atoms with van der Waals surface area (Å²) in [4.78, 5) is 11.1. The predicted octanol–water partition coefficient (Wildman–Crippen LogP) is 3.89. The van der Waals surface area contributed by atoms with E-state index in [9.17, 15) is 4.79 Å². The van der Waals surface area contributed by atoms with E-state index in [0.717, 1.165) is 22.4 Å². The number of benzene rings is 2.